The standard InChI is InChI=1S/C14H18ClN3O/c1-10-14(2,5-6-19-10)16-7-12-9-18-8-11(15)3-4-13(18)17-12/h3-4,8-10,16H,5-7H2,1-2H3. The third-order valence-corrected chi connectivity index (χ3v) is 4.25. The third kappa shape index (κ3) is 2.48. The number of fused-ring (bicyclic) bond motifs is 1. The van der Waals surface area contributed by atoms with Crippen LogP contribution >= 0.6 is 11.6 Å². The average Bonchev–Trinajstić information content (AvgIpc) is 2.91. The molecular formula is C14H18ClN3O. The number of nitrogens with zero attached hydrogens (tertiary/aromatic N) is 2. The molecule has 1 aliphatic heterocycles. The number of halogens is 1. The van der Waals surface area contributed by atoms with Gasteiger partial charge in [-0.1, -0.05) is 11.6 Å². The second kappa shape index (κ2) is 4.78. The molecule has 4 nitrogen and oxygen atoms in total. The van der Waals surface area contributed by atoms with Crippen LogP contribution < -0.4 is 5.32 Å². The highest BCUT2D eigenvalue weighted by atomic mass is 35.5. The van der Waals surface area contributed by atoms with Gasteiger partial charge < -0.3 is 14.5 Å². The Morgan fingerprint density at radius 2 is 2.37 bits per heavy atom. The van der Waals surface area contributed by atoms with E-state index in [9.17, 15) is 0 Å². The molecule has 5 heteroatoms. The second-order valence-electron chi connectivity index (χ2n) is 5.38. The number of aromatic nitrogens is 2. The van der Waals surface area contributed by atoms with Gasteiger partial charge in [-0.2, -0.15) is 0 Å². The van der Waals surface area contributed by atoms with E-state index in [1.807, 2.05) is 28.9 Å². The van der Waals surface area contributed by atoms with Crippen molar-refractivity contribution < 1.29 is 4.74 Å². The molecule has 0 saturated carbocycles. The van der Waals surface area contributed by atoms with Crippen molar-refractivity contribution in [2.24, 2.45) is 0 Å². The smallest absolute Gasteiger partial charge is 0.137 e. The summed E-state index contributed by atoms with van der Waals surface area (Å²) >= 11 is 5.97. The molecule has 2 atom stereocenters. The molecule has 1 fully saturated rings. The Labute approximate surface area is 117 Å². The van der Waals surface area contributed by atoms with Gasteiger partial charge in [0.15, 0.2) is 0 Å². The minimum Gasteiger partial charge on any atom is -0.377 e. The molecule has 0 aromatic carbocycles. The van der Waals surface area contributed by atoms with E-state index < -0.39 is 0 Å². The van der Waals surface area contributed by atoms with E-state index in [0.717, 1.165) is 30.9 Å². The zero-order chi connectivity index (χ0) is 13.5. The number of ether oxygens (including phenoxy) is 1. The Morgan fingerprint density at radius 3 is 3.11 bits per heavy atom. The lowest BCUT2D eigenvalue weighted by atomic mass is 9.95. The Kier molecular flexibility index (Phi) is 3.25. The van der Waals surface area contributed by atoms with Crippen LogP contribution in [0, 0.1) is 0 Å². The Balaban J connectivity index is 1.75. The summed E-state index contributed by atoms with van der Waals surface area (Å²) in [5.74, 6) is 0. The minimum absolute atomic E-state index is 0.0352. The van der Waals surface area contributed by atoms with Crippen LogP contribution in [0.25, 0.3) is 5.65 Å². The number of rotatable bonds is 3. The molecule has 0 radical (unpaired) electrons. The SMILES string of the molecule is CC1OCCC1(C)NCc1cn2cc(Cl)ccc2n1. The topological polar surface area (TPSA) is 38.6 Å². The molecule has 1 N–H and O–H groups in total. The lowest BCUT2D eigenvalue weighted by molar-refractivity contribution is 0.0880. The van der Waals surface area contributed by atoms with Gasteiger partial charge in [-0.05, 0) is 32.4 Å². The highest BCUT2D eigenvalue weighted by Gasteiger charge is 2.36. The zero-order valence-corrected chi connectivity index (χ0v) is 11.9. The number of imidazole rings is 1. The Morgan fingerprint density at radius 1 is 1.53 bits per heavy atom. The number of hydrogen-bond donors (Lipinski definition) is 1. The van der Waals surface area contributed by atoms with Gasteiger partial charge in [-0.15, -0.1) is 0 Å². The van der Waals surface area contributed by atoms with Crippen LogP contribution in [0.2, 0.25) is 5.02 Å². The molecule has 0 aliphatic carbocycles. The van der Waals surface area contributed by atoms with Crippen molar-refractivity contribution >= 4 is 17.2 Å². The van der Waals surface area contributed by atoms with Crippen molar-refractivity contribution in [1.82, 2.24) is 14.7 Å². The van der Waals surface area contributed by atoms with Crippen molar-refractivity contribution in [2.75, 3.05) is 6.61 Å². The first-order chi connectivity index (χ1) is 9.07. The molecule has 3 rings (SSSR count). The largest absolute Gasteiger partial charge is 0.377 e. The van der Waals surface area contributed by atoms with E-state index in [1.54, 1.807) is 0 Å². The first-order valence-electron chi connectivity index (χ1n) is 6.57. The molecule has 2 unspecified atom stereocenters. The second-order valence-corrected chi connectivity index (χ2v) is 5.82. The predicted molar refractivity (Wildman–Crippen MR) is 75.5 cm³/mol. The maximum atomic E-state index is 5.97. The summed E-state index contributed by atoms with van der Waals surface area (Å²) < 4.78 is 7.58. The van der Waals surface area contributed by atoms with Crippen LogP contribution in [-0.4, -0.2) is 27.6 Å². The normalized spacial score (nSPS) is 27.2. The molecule has 0 amide bonds. The summed E-state index contributed by atoms with van der Waals surface area (Å²) in [7, 11) is 0. The molecule has 1 aliphatic rings. The fourth-order valence-electron chi connectivity index (χ4n) is 2.46. The highest BCUT2D eigenvalue weighted by molar-refractivity contribution is 6.30. The summed E-state index contributed by atoms with van der Waals surface area (Å²) in [6.45, 7) is 5.88. The van der Waals surface area contributed by atoms with E-state index in [0.29, 0.717) is 5.02 Å². The predicted octanol–water partition coefficient (Wildman–Crippen LogP) is 2.64. The molecule has 2 aromatic heterocycles. The summed E-state index contributed by atoms with van der Waals surface area (Å²) in [4.78, 5) is 4.57. The van der Waals surface area contributed by atoms with Gasteiger partial charge in [0.2, 0.25) is 0 Å². The van der Waals surface area contributed by atoms with Gasteiger partial charge in [0.25, 0.3) is 0 Å². The lowest BCUT2D eigenvalue weighted by Crippen LogP contribution is -2.47. The van der Waals surface area contributed by atoms with E-state index in [-0.39, 0.29) is 11.6 Å². The average molecular weight is 280 g/mol. The zero-order valence-electron chi connectivity index (χ0n) is 11.2. The minimum atomic E-state index is 0.0352. The van der Waals surface area contributed by atoms with Crippen LogP contribution in [0.15, 0.2) is 24.5 Å². The van der Waals surface area contributed by atoms with Gasteiger partial charge in [0.1, 0.15) is 5.65 Å². The van der Waals surface area contributed by atoms with E-state index in [1.165, 1.54) is 0 Å². The molecule has 0 bridgehead atoms. The fraction of sp³-hybridized carbons (Fsp3) is 0.500. The first kappa shape index (κ1) is 12.9. The summed E-state index contributed by atoms with van der Waals surface area (Å²) in [5, 5.41) is 4.28. The highest BCUT2D eigenvalue weighted by Crippen LogP contribution is 2.25. The van der Waals surface area contributed by atoms with E-state index in [2.05, 4.69) is 24.1 Å². The summed E-state index contributed by atoms with van der Waals surface area (Å²) in [6.07, 6.45) is 5.15. The van der Waals surface area contributed by atoms with Crippen LogP contribution in [-0.2, 0) is 11.3 Å². The maximum absolute atomic E-state index is 5.97. The first-order valence-corrected chi connectivity index (χ1v) is 6.94. The molecule has 3 heterocycles. The maximum Gasteiger partial charge on any atom is 0.137 e. The quantitative estimate of drug-likeness (QED) is 0.939. The molecule has 1 saturated heterocycles. The van der Waals surface area contributed by atoms with Crippen LogP contribution in [0.5, 0.6) is 0 Å². The summed E-state index contributed by atoms with van der Waals surface area (Å²) in [6, 6.07) is 3.78. The Hall–Kier alpha value is -1.10. The molecule has 2 aromatic rings. The molecule has 102 valence electrons. The number of nitrogens with one attached hydrogen (secondary N) is 1. The van der Waals surface area contributed by atoms with Crippen molar-refractivity contribution in [2.45, 2.75) is 38.5 Å². The number of hydrogen-bond acceptors (Lipinski definition) is 3. The van der Waals surface area contributed by atoms with Crippen LogP contribution in [0.1, 0.15) is 26.0 Å². The van der Waals surface area contributed by atoms with Crippen molar-refractivity contribution in [3.8, 4) is 0 Å². The van der Waals surface area contributed by atoms with Crippen molar-refractivity contribution in [3.63, 3.8) is 0 Å². The van der Waals surface area contributed by atoms with Crippen LogP contribution in [0.4, 0.5) is 0 Å². The fourth-order valence-corrected chi connectivity index (χ4v) is 2.63. The molecule has 19 heavy (non-hydrogen) atoms. The van der Waals surface area contributed by atoms with Gasteiger partial charge in [-0.3, -0.25) is 0 Å². The van der Waals surface area contributed by atoms with Crippen molar-refractivity contribution in [3.05, 3.63) is 35.2 Å². The van der Waals surface area contributed by atoms with E-state index >= 15 is 0 Å². The molecular weight excluding hydrogens is 262 g/mol. The van der Waals surface area contributed by atoms with Gasteiger partial charge in [0, 0.05) is 31.1 Å². The monoisotopic (exact) mass is 279 g/mol. The van der Waals surface area contributed by atoms with Gasteiger partial charge in [-0.25, -0.2) is 4.98 Å². The van der Waals surface area contributed by atoms with Gasteiger partial charge in [0.05, 0.1) is 16.8 Å². The lowest BCUT2D eigenvalue weighted by Gasteiger charge is -2.28. The Bertz CT molecular complexity index is 597. The van der Waals surface area contributed by atoms with Crippen LogP contribution in [0.3, 0.4) is 0 Å². The summed E-state index contributed by atoms with van der Waals surface area (Å²) in [5.41, 5.74) is 1.97. The van der Waals surface area contributed by atoms with Gasteiger partial charge >= 0.3 is 0 Å². The molecule has 0 spiro atoms. The third-order valence-electron chi connectivity index (χ3n) is 4.02. The van der Waals surface area contributed by atoms with Crippen molar-refractivity contribution in [1.29, 1.82) is 0 Å². The van der Waals surface area contributed by atoms with E-state index in [4.69, 9.17) is 16.3 Å². The number of pyridine rings is 1.